The second-order valence-corrected chi connectivity index (χ2v) is 7.93. The first-order valence-electron chi connectivity index (χ1n) is 9.88. The Morgan fingerprint density at radius 2 is 2.03 bits per heavy atom. The third kappa shape index (κ3) is 4.23. The summed E-state index contributed by atoms with van der Waals surface area (Å²) in [5.74, 6) is 1.73. The van der Waals surface area contributed by atoms with Gasteiger partial charge in [-0.05, 0) is 24.3 Å². The van der Waals surface area contributed by atoms with E-state index in [9.17, 15) is 4.39 Å². The quantitative estimate of drug-likeness (QED) is 0.654. The van der Waals surface area contributed by atoms with Gasteiger partial charge in [0.2, 0.25) is 11.8 Å². The van der Waals surface area contributed by atoms with Crippen molar-refractivity contribution in [2.75, 3.05) is 26.8 Å². The molecule has 1 aromatic carbocycles. The van der Waals surface area contributed by atoms with Crippen molar-refractivity contribution >= 4 is 0 Å². The van der Waals surface area contributed by atoms with Crippen molar-refractivity contribution in [2.45, 2.75) is 32.2 Å². The lowest BCUT2D eigenvalue weighted by atomic mass is 9.97. The fraction of sp³-hybridized carbons (Fsp3) is 0.476. The molecule has 1 N–H and O–H groups in total. The number of ether oxygens (including phenoxy) is 1. The minimum absolute atomic E-state index is 0.135. The third-order valence-corrected chi connectivity index (χ3v) is 5.41. The van der Waals surface area contributed by atoms with E-state index in [1.54, 1.807) is 19.2 Å². The van der Waals surface area contributed by atoms with Crippen LogP contribution in [0.1, 0.15) is 43.0 Å². The van der Waals surface area contributed by atoms with Crippen molar-refractivity contribution in [1.29, 1.82) is 0 Å². The first-order chi connectivity index (χ1) is 14.0. The van der Waals surface area contributed by atoms with Crippen molar-refractivity contribution in [3.8, 4) is 11.3 Å². The van der Waals surface area contributed by atoms with E-state index >= 15 is 0 Å². The zero-order chi connectivity index (χ0) is 20.4. The molecule has 1 aliphatic rings. The van der Waals surface area contributed by atoms with Crippen LogP contribution in [0.3, 0.4) is 0 Å². The molecule has 154 valence electrons. The average molecular weight is 399 g/mol. The van der Waals surface area contributed by atoms with Gasteiger partial charge in [0.05, 0.1) is 24.4 Å². The predicted molar refractivity (Wildman–Crippen MR) is 106 cm³/mol. The Hall–Kier alpha value is -2.58. The van der Waals surface area contributed by atoms with Gasteiger partial charge in [0.1, 0.15) is 5.82 Å². The van der Waals surface area contributed by atoms with Gasteiger partial charge in [-0.1, -0.05) is 13.8 Å². The number of aromatic nitrogens is 4. The zero-order valence-electron chi connectivity index (χ0n) is 16.9. The van der Waals surface area contributed by atoms with Crippen molar-refractivity contribution in [2.24, 2.45) is 5.92 Å². The van der Waals surface area contributed by atoms with Gasteiger partial charge in [0.25, 0.3) is 0 Å². The summed E-state index contributed by atoms with van der Waals surface area (Å²) in [6.07, 6.45) is 1.83. The molecule has 3 aromatic rings. The van der Waals surface area contributed by atoms with E-state index in [4.69, 9.17) is 9.15 Å². The van der Waals surface area contributed by atoms with Crippen molar-refractivity contribution in [1.82, 2.24) is 25.3 Å². The Bertz CT molecular complexity index is 937. The highest BCUT2D eigenvalue weighted by Crippen LogP contribution is 2.34. The topological polar surface area (TPSA) is 80.1 Å². The van der Waals surface area contributed by atoms with Gasteiger partial charge in [-0.25, -0.2) is 4.39 Å². The van der Waals surface area contributed by atoms with E-state index in [1.165, 1.54) is 12.1 Å². The smallest absolute Gasteiger partial charge is 0.221 e. The number of nitrogens with one attached hydrogen (secondary N) is 1. The lowest BCUT2D eigenvalue weighted by Crippen LogP contribution is -2.21. The van der Waals surface area contributed by atoms with Crippen LogP contribution in [0.25, 0.3) is 11.3 Å². The number of hydrogen-bond donors (Lipinski definition) is 1. The molecular weight excluding hydrogens is 373 g/mol. The van der Waals surface area contributed by atoms with Gasteiger partial charge >= 0.3 is 0 Å². The molecule has 2 aromatic heterocycles. The highest BCUT2D eigenvalue weighted by atomic mass is 19.1. The molecule has 4 rings (SSSR count). The lowest BCUT2D eigenvalue weighted by Gasteiger charge is -2.15. The average Bonchev–Trinajstić information content (AvgIpc) is 3.43. The number of H-pyrrole nitrogens is 1. The van der Waals surface area contributed by atoms with E-state index in [1.807, 2.05) is 20.0 Å². The molecule has 2 atom stereocenters. The van der Waals surface area contributed by atoms with Crippen LogP contribution in [-0.4, -0.2) is 52.1 Å². The minimum Gasteiger partial charge on any atom is -0.425 e. The number of nitrogens with zero attached hydrogens (tertiary/aromatic N) is 4. The van der Waals surface area contributed by atoms with Gasteiger partial charge in [0.15, 0.2) is 0 Å². The van der Waals surface area contributed by atoms with E-state index in [0.29, 0.717) is 18.4 Å². The first-order valence-corrected chi connectivity index (χ1v) is 9.88. The van der Waals surface area contributed by atoms with Crippen LogP contribution < -0.4 is 0 Å². The SMILES string of the molecule is COC[C@@H]1CN(Cc2cn[nH]c2-c2ccc(F)cc2)C[C@H]1c1nnc(C(C)C)o1. The molecule has 1 saturated heterocycles. The van der Waals surface area contributed by atoms with Gasteiger partial charge in [-0.15, -0.1) is 10.2 Å². The van der Waals surface area contributed by atoms with Gasteiger partial charge in [-0.3, -0.25) is 10.00 Å². The largest absolute Gasteiger partial charge is 0.425 e. The summed E-state index contributed by atoms with van der Waals surface area (Å²) in [5, 5.41) is 15.8. The number of rotatable bonds is 7. The third-order valence-electron chi connectivity index (χ3n) is 5.41. The molecule has 0 spiro atoms. The number of aromatic amines is 1. The highest BCUT2D eigenvalue weighted by Gasteiger charge is 2.37. The molecule has 0 aliphatic carbocycles. The molecule has 8 heteroatoms. The number of halogens is 1. The van der Waals surface area contributed by atoms with E-state index in [0.717, 1.165) is 36.5 Å². The minimum atomic E-state index is -0.250. The summed E-state index contributed by atoms with van der Waals surface area (Å²) in [7, 11) is 1.72. The highest BCUT2D eigenvalue weighted by molar-refractivity contribution is 5.62. The Morgan fingerprint density at radius 3 is 2.72 bits per heavy atom. The fourth-order valence-corrected chi connectivity index (χ4v) is 3.92. The van der Waals surface area contributed by atoms with E-state index in [-0.39, 0.29) is 23.6 Å². The summed E-state index contributed by atoms with van der Waals surface area (Å²) in [4.78, 5) is 2.35. The van der Waals surface area contributed by atoms with Crippen molar-refractivity contribution in [3.05, 3.63) is 53.6 Å². The maximum atomic E-state index is 13.3. The van der Waals surface area contributed by atoms with E-state index in [2.05, 4.69) is 25.3 Å². The summed E-state index contributed by atoms with van der Waals surface area (Å²) in [6, 6.07) is 6.45. The molecule has 0 saturated carbocycles. The molecule has 0 unspecified atom stereocenters. The second-order valence-electron chi connectivity index (χ2n) is 7.93. The number of hydrogen-bond acceptors (Lipinski definition) is 6. The standard InChI is InChI=1S/C21H26FN5O2/c1-13(2)20-25-26-21(29-20)18-11-27(10-16(18)12-28-3)9-15-8-23-24-19(15)14-4-6-17(22)7-5-14/h4-8,13,16,18H,9-12H2,1-3H3,(H,23,24)/t16-,18+/m0/s1. The number of methoxy groups -OCH3 is 1. The van der Waals surface area contributed by atoms with Gasteiger partial charge < -0.3 is 9.15 Å². The Labute approximate surface area is 169 Å². The summed E-state index contributed by atoms with van der Waals surface area (Å²) in [5.41, 5.74) is 2.90. The second kappa shape index (κ2) is 8.42. The number of likely N-dealkylation sites (tertiary alicyclic amines) is 1. The Morgan fingerprint density at radius 1 is 1.24 bits per heavy atom. The van der Waals surface area contributed by atoms with Gasteiger partial charge in [0, 0.05) is 49.7 Å². The van der Waals surface area contributed by atoms with Crippen LogP contribution in [0.4, 0.5) is 4.39 Å². The van der Waals surface area contributed by atoms with Crippen LogP contribution in [0.15, 0.2) is 34.9 Å². The first kappa shape index (κ1) is 19.7. The van der Waals surface area contributed by atoms with Crippen LogP contribution in [0, 0.1) is 11.7 Å². The monoisotopic (exact) mass is 399 g/mol. The lowest BCUT2D eigenvalue weighted by molar-refractivity contribution is 0.143. The summed E-state index contributed by atoms with van der Waals surface area (Å²) in [6.45, 7) is 7.12. The summed E-state index contributed by atoms with van der Waals surface area (Å²) >= 11 is 0. The molecular formula is C21H26FN5O2. The molecule has 3 heterocycles. The molecule has 0 amide bonds. The fourth-order valence-electron chi connectivity index (χ4n) is 3.92. The Balaban J connectivity index is 1.51. The number of benzene rings is 1. The van der Waals surface area contributed by atoms with Crippen LogP contribution in [0.5, 0.6) is 0 Å². The molecule has 7 nitrogen and oxygen atoms in total. The maximum Gasteiger partial charge on any atom is 0.221 e. The van der Waals surface area contributed by atoms with Crippen molar-refractivity contribution < 1.29 is 13.5 Å². The van der Waals surface area contributed by atoms with E-state index < -0.39 is 0 Å². The van der Waals surface area contributed by atoms with Crippen LogP contribution in [-0.2, 0) is 11.3 Å². The van der Waals surface area contributed by atoms with Crippen molar-refractivity contribution in [3.63, 3.8) is 0 Å². The van der Waals surface area contributed by atoms with Crippen LogP contribution in [0.2, 0.25) is 0 Å². The normalized spacial score (nSPS) is 20.0. The maximum absolute atomic E-state index is 13.3. The molecule has 1 fully saturated rings. The Kier molecular flexibility index (Phi) is 5.73. The molecule has 1 aliphatic heterocycles. The van der Waals surface area contributed by atoms with Crippen LogP contribution >= 0.6 is 0 Å². The molecule has 0 radical (unpaired) electrons. The van der Waals surface area contributed by atoms with Gasteiger partial charge in [-0.2, -0.15) is 5.10 Å². The predicted octanol–water partition coefficient (Wildman–Crippen LogP) is 3.58. The summed E-state index contributed by atoms with van der Waals surface area (Å²) < 4.78 is 24.6. The molecule has 29 heavy (non-hydrogen) atoms. The molecule has 0 bridgehead atoms. The zero-order valence-corrected chi connectivity index (χ0v) is 16.9.